The molecular weight excluding hydrogens is 584 g/mol. The van der Waals surface area contributed by atoms with Gasteiger partial charge in [-0.3, -0.25) is 4.99 Å². The Bertz CT molecular complexity index is 1580. The van der Waals surface area contributed by atoms with Crippen molar-refractivity contribution in [3.8, 4) is 11.5 Å². The maximum atomic E-state index is 6.06. The number of hydrogen-bond donors (Lipinski definition) is 1. The molecule has 0 saturated heterocycles. The zero-order valence-electron chi connectivity index (χ0n) is 22.4. The van der Waals surface area contributed by atoms with Gasteiger partial charge in [-0.15, -0.1) is 0 Å². The van der Waals surface area contributed by atoms with E-state index in [2.05, 4.69) is 82.8 Å². The van der Waals surface area contributed by atoms with E-state index in [1.807, 2.05) is 42.6 Å². The second-order valence-corrected chi connectivity index (χ2v) is 11.7. The molecule has 202 valence electrons. The van der Waals surface area contributed by atoms with Crippen LogP contribution in [-0.2, 0) is 6.61 Å². The number of ether oxygens (including phenoxy) is 2. The fourth-order valence-electron chi connectivity index (χ4n) is 5.65. The summed E-state index contributed by atoms with van der Waals surface area (Å²) < 4.78 is 12.5. The number of anilines is 1. The van der Waals surface area contributed by atoms with Crippen LogP contribution in [0.15, 0.2) is 100 Å². The van der Waals surface area contributed by atoms with Crippen LogP contribution in [0, 0.1) is 12.8 Å². The number of hydrogen-bond acceptors (Lipinski definition) is 4. The third kappa shape index (κ3) is 5.54. The van der Waals surface area contributed by atoms with Crippen molar-refractivity contribution in [2.45, 2.75) is 31.9 Å². The summed E-state index contributed by atoms with van der Waals surface area (Å²) in [6.07, 6.45) is 7.65. The number of fused-ring (bicyclic) bond motifs is 3. The third-order valence-corrected chi connectivity index (χ3v) is 8.52. The standard InChI is InChI=1S/C34H30BrClN2O2/c1-21-6-15-31-29(16-21)27-4-3-5-28(27)33(38-31)24-9-13-26(14-10-24)37-19-23-17-30(35)34(32(18-23)39-2)40-20-22-7-11-25(36)12-8-22/h3-4,6-19,27-28,33,38H,5,20H2,1-2H3/t27-,28-,33+/m1/s1. The van der Waals surface area contributed by atoms with Crippen molar-refractivity contribution in [1.29, 1.82) is 0 Å². The number of nitrogens with zero attached hydrogens (tertiary/aromatic N) is 1. The van der Waals surface area contributed by atoms with E-state index in [1.54, 1.807) is 7.11 Å². The van der Waals surface area contributed by atoms with Gasteiger partial charge in [0, 0.05) is 22.8 Å². The van der Waals surface area contributed by atoms with Gasteiger partial charge in [0.1, 0.15) is 6.61 Å². The molecule has 0 fully saturated rings. The highest BCUT2D eigenvalue weighted by Crippen LogP contribution is 2.50. The van der Waals surface area contributed by atoms with Crippen LogP contribution in [0.5, 0.6) is 11.5 Å². The first-order valence-corrected chi connectivity index (χ1v) is 14.6. The summed E-state index contributed by atoms with van der Waals surface area (Å²) in [5.41, 5.74) is 8.09. The van der Waals surface area contributed by atoms with Gasteiger partial charge < -0.3 is 14.8 Å². The lowest BCUT2D eigenvalue weighted by atomic mass is 9.76. The molecule has 1 N–H and O–H groups in total. The highest BCUT2D eigenvalue weighted by Gasteiger charge is 2.37. The van der Waals surface area contributed by atoms with Gasteiger partial charge in [0.15, 0.2) is 11.5 Å². The minimum absolute atomic E-state index is 0.272. The van der Waals surface area contributed by atoms with Crippen LogP contribution in [0.25, 0.3) is 0 Å². The Morgan fingerprint density at radius 2 is 1.82 bits per heavy atom. The van der Waals surface area contributed by atoms with Crippen molar-refractivity contribution in [2.75, 3.05) is 12.4 Å². The summed E-state index contributed by atoms with van der Waals surface area (Å²) in [7, 11) is 1.64. The number of allylic oxidation sites excluding steroid dienone is 2. The number of benzene rings is 4. The first kappa shape index (κ1) is 26.7. The van der Waals surface area contributed by atoms with Gasteiger partial charge in [-0.2, -0.15) is 0 Å². The summed E-state index contributed by atoms with van der Waals surface area (Å²) in [6, 6.07) is 27.1. The van der Waals surface area contributed by atoms with Crippen LogP contribution in [0.4, 0.5) is 11.4 Å². The molecule has 4 aromatic carbocycles. The van der Waals surface area contributed by atoms with Gasteiger partial charge in [0.2, 0.25) is 0 Å². The summed E-state index contributed by atoms with van der Waals surface area (Å²) in [4.78, 5) is 4.74. The first-order valence-electron chi connectivity index (χ1n) is 13.4. The molecular formula is C34H30BrClN2O2. The topological polar surface area (TPSA) is 42.8 Å². The fraction of sp³-hybridized carbons (Fsp3) is 0.206. The van der Waals surface area contributed by atoms with Crippen LogP contribution >= 0.6 is 27.5 Å². The molecule has 6 heteroatoms. The van der Waals surface area contributed by atoms with Gasteiger partial charge >= 0.3 is 0 Å². The van der Waals surface area contributed by atoms with Crippen molar-refractivity contribution in [3.05, 3.63) is 128 Å². The maximum absolute atomic E-state index is 6.06. The van der Waals surface area contributed by atoms with Crippen LogP contribution < -0.4 is 14.8 Å². The number of nitrogens with one attached hydrogen (secondary N) is 1. The van der Waals surface area contributed by atoms with Crippen molar-refractivity contribution in [3.63, 3.8) is 0 Å². The quantitative estimate of drug-likeness (QED) is 0.167. The van der Waals surface area contributed by atoms with Crippen LogP contribution in [-0.4, -0.2) is 13.3 Å². The lowest BCUT2D eigenvalue weighted by Gasteiger charge is -2.37. The third-order valence-electron chi connectivity index (χ3n) is 7.68. The van der Waals surface area contributed by atoms with Gasteiger partial charge in [-0.05, 0) is 99.9 Å². The minimum atomic E-state index is 0.272. The lowest BCUT2D eigenvalue weighted by molar-refractivity contribution is 0.282. The summed E-state index contributed by atoms with van der Waals surface area (Å²) in [6.45, 7) is 2.57. The molecule has 0 spiro atoms. The highest BCUT2D eigenvalue weighted by atomic mass is 79.9. The second-order valence-electron chi connectivity index (χ2n) is 10.4. The van der Waals surface area contributed by atoms with Crippen molar-refractivity contribution >= 4 is 45.1 Å². The molecule has 0 saturated carbocycles. The fourth-order valence-corrected chi connectivity index (χ4v) is 6.35. The van der Waals surface area contributed by atoms with E-state index >= 15 is 0 Å². The van der Waals surface area contributed by atoms with E-state index in [0.717, 1.165) is 27.7 Å². The van der Waals surface area contributed by atoms with E-state index in [0.29, 0.717) is 35.0 Å². The normalized spacial score (nSPS) is 19.2. The molecule has 0 bridgehead atoms. The average molecular weight is 614 g/mol. The molecule has 0 amide bonds. The van der Waals surface area contributed by atoms with E-state index in [1.165, 1.54) is 22.4 Å². The first-order chi connectivity index (χ1) is 19.5. The molecule has 1 heterocycles. The number of methoxy groups -OCH3 is 1. The Morgan fingerprint density at radius 1 is 1.02 bits per heavy atom. The molecule has 1 aliphatic heterocycles. The van der Waals surface area contributed by atoms with E-state index in [-0.39, 0.29) is 6.04 Å². The smallest absolute Gasteiger partial charge is 0.175 e. The van der Waals surface area contributed by atoms with Crippen LogP contribution in [0.2, 0.25) is 5.02 Å². The molecule has 6 rings (SSSR count). The highest BCUT2D eigenvalue weighted by molar-refractivity contribution is 9.10. The molecule has 40 heavy (non-hydrogen) atoms. The van der Waals surface area contributed by atoms with E-state index in [9.17, 15) is 0 Å². The lowest BCUT2D eigenvalue weighted by Crippen LogP contribution is -2.29. The number of aryl methyl sites for hydroxylation is 1. The predicted molar refractivity (Wildman–Crippen MR) is 168 cm³/mol. The second kappa shape index (κ2) is 11.5. The van der Waals surface area contributed by atoms with Crippen LogP contribution in [0.1, 0.15) is 46.2 Å². The van der Waals surface area contributed by atoms with Crippen LogP contribution in [0.3, 0.4) is 0 Å². The van der Waals surface area contributed by atoms with Gasteiger partial charge in [-0.1, -0.05) is 65.7 Å². The zero-order valence-corrected chi connectivity index (χ0v) is 24.7. The van der Waals surface area contributed by atoms with E-state index < -0.39 is 0 Å². The van der Waals surface area contributed by atoms with Crippen molar-refractivity contribution in [2.24, 2.45) is 10.9 Å². The maximum Gasteiger partial charge on any atom is 0.175 e. The Morgan fingerprint density at radius 3 is 2.60 bits per heavy atom. The molecule has 1 aliphatic carbocycles. The number of rotatable bonds is 7. The minimum Gasteiger partial charge on any atom is -0.493 e. The van der Waals surface area contributed by atoms with Crippen molar-refractivity contribution in [1.82, 2.24) is 0 Å². The van der Waals surface area contributed by atoms with E-state index in [4.69, 9.17) is 26.1 Å². The Labute approximate surface area is 248 Å². The molecule has 3 atom stereocenters. The Balaban J connectivity index is 1.16. The predicted octanol–water partition coefficient (Wildman–Crippen LogP) is 9.58. The van der Waals surface area contributed by atoms with Gasteiger partial charge in [0.05, 0.1) is 23.3 Å². The number of halogens is 2. The zero-order chi connectivity index (χ0) is 27.6. The number of aliphatic imine (C=N–C) groups is 1. The largest absolute Gasteiger partial charge is 0.493 e. The summed E-state index contributed by atoms with van der Waals surface area (Å²) >= 11 is 9.63. The molecule has 2 aliphatic rings. The summed E-state index contributed by atoms with van der Waals surface area (Å²) in [5, 5.41) is 4.52. The van der Waals surface area contributed by atoms with Gasteiger partial charge in [0.25, 0.3) is 0 Å². The molecule has 0 unspecified atom stereocenters. The SMILES string of the molecule is COc1cc(C=Nc2ccc([C@@H]3Nc4ccc(C)cc4[C@@H]4C=CC[C@H]43)cc2)cc(Br)c1OCc1ccc(Cl)cc1. The molecule has 4 aromatic rings. The average Bonchev–Trinajstić information content (AvgIpc) is 3.47. The summed E-state index contributed by atoms with van der Waals surface area (Å²) in [5.74, 6) is 2.27. The molecule has 4 nitrogen and oxygen atoms in total. The monoisotopic (exact) mass is 612 g/mol. The van der Waals surface area contributed by atoms with Crippen molar-refractivity contribution < 1.29 is 9.47 Å². The Kier molecular flexibility index (Phi) is 7.68. The Hall–Kier alpha value is -3.54. The van der Waals surface area contributed by atoms with Gasteiger partial charge in [-0.25, -0.2) is 0 Å². The molecule has 0 radical (unpaired) electrons. The molecule has 0 aromatic heterocycles.